The highest BCUT2D eigenvalue weighted by Crippen LogP contribution is 2.23. The van der Waals surface area contributed by atoms with E-state index in [2.05, 4.69) is 4.83 Å². The number of rotatable bonds is 7. The van der Waals surface area contributed by atoms with Gasteiger partial charge >= 0.3 is 0 Å². The first-order valence-corrected chi connectivity index (χ1v) is 8.24. The molecule has 0 aliphatic carbocycles. The van der Waals surface area contributed by atoms with Crippen molar-refractivity contribution < 1.29 is 21.9 Å². The number of nitrogens with one attached hydrogen (secondary N) is 1. The highest BCUT2D eigenvalue weighted by Gasteiger charge is 2.17. The fourth-order valence-corrected chi connectivity index (χ4v) is 2.73. The second-order valence-electron chi connectivity index (χ2n) is 3.71. The SMILES string of the molecule is COCCN(NS(=O)[O-])c1ccccc1S(C)(=O)=O. The van der Waals surface area contributed by atoms with Crippen LogP contribution < -0.4 is 9.84 Å². The minimum absolute atomic E-state index is 0.0454. The summed E-state index contributed by atoms with van der Waals surface area (Å²) in [6, 6.07) is 6.13. The molecule has 0 aliphatic rings. The van der Waals surface area contributed by atoms with Gasteiger partial charge < -0.3 is 9.29 Å². The highest BCUT2D eigenvalue weighted by atomic mass is 32.2. The number of benzene rings is 1. The molecule has 19 heavy (non-hydrogen) atoms. The Bertz CT molecular complexity index is 547. The largest absolute Gasteiger partial charge is 0.759 e. The zero-order valence-electron chi connectivity index (χ0n) is 10.5. The van der Waals surface area contributed by atoms with Gasteiger partial charge in [0.1, 0.15) is 0 Å². The van der Waals surface area contributed by atoms with Gasteiger partial charge in [0.15, 0.2) is 9.84 Å². The van der Waals surface area contributed by atoms with Crippen molar-refractivity contribution in [3.63, 3.8) is 0 Å². The third-order valence-electron chi connectivity index (χ3n) is 2.26. The van der Waals surface area contributed by atoms with Gasteiger partial charge in [0, 0.05) is 24.6 Å². The molecule has 0 spiro atoms. The maximum absolute atomic E-state index is 11.7. The fourth-order valence-electron chi connectivity index (χ4n) is 1.48. The van der Waals surface area contributed by atoms with Crippen LogP contribution in [0.2, 0.25) is 0 Å². The summed E-state index contributed by atoms with van der Waals surface area (Å²) in [5.74, 6) is 0. The molecule has 0 heterocycles. The van der Waals surface area contributed by atoms with Crippen molar-refractivity contribution in [3.05, 3.63) is 24.3 Å². The van der Waals surface area contributed by atoms with Crippen LogP contribution in [0.1, 0.15) is 0 Å². The normalized spacial score (nSPS) is 13.2. The van der Waals surface area contributed by atoms with Crippen LogP contribution in [0, 0.1) is 0 Å². The molecule has 1 rings (SSSR count). The molecule has 0 aromatic heterocycles. The molecular formula is C10H15N2O5S2-. The number of para-hydroxylation sites is 1. The van der Waals surface area contributed by atoms with Gasteiger partial charge in [-0.1, -0.05) is 12.1 Å². The van der Waals surface area contributed by atoms with Crippen molar-refractivity contribution in [3.8, 4) is 0 Å². The molecule has 9 heteroatoms. The Labute approximate surface area is 114 Å². The van der Waals surface area contributed by atoms with Crippen molar-refractivity contribution in [2.75, 3.05) is 31.5 Å². The van der Waals surface area contributed by atoms with Gasteiger partial charge in [-0.15, -0.1) is 0 Å². The van der Waals surface area contributed by atoms with Crippen LogP contribution in [0.3, 0.4) is 0 Å². The van der Waals surface area contributed by atoms with Gasteiger partial charge in [0.2, 0.25) is 0 Å². The standard InChI is InChI=1S/C10H16N2O5S2/c1-17-8-7-12(11-18(13)14)9-5-3-4-6-10(9)19(2,15)16/h3-6,11H,7-8H2,1-2H3,(H,13,14)/p-1. The second kappa shape index (κ2) is 6.96. The number of ether oxygens (including phenoxy) is 1. The summed E-state index contributed by atoms with van der Waals surface area (Å²) in [7, 11) is -2.00. The summed E-state index contributed by atoms with van der Waals surface area (Å²) in [6.45, 7) is 0.416. The molecule has 0 aliphatic heterocycles. The summed E-state index contributed by atoms with van der Waals surface area (Å²) in [5.41, 5.74) is 0.256. The Morgan fingerprint density at radius 1 is 1.42 bits per heavy atom. The number of nitrogens with zero attached hydrogens (tertiary/aromatic N) is 1. The number of hydrogen-bond donors (Lipinski definition) is 1. The molecule has 0 saturated carbocycles. The van der Waals surface area contributed by atoms with Crippen molar-refractivity contribution in [1.82, 2.24) is 4.83 Å². The highest BCUT2D eigenvalue weighted by molar-refractivity contribution is 7.90. The maximum Gasteiger partial charge on any atom is 0.177 e. The lowest BCUT2D eigenvalue weighted by Crippen LogP contribution is -2.42. The summed E-state index contributed by atoms with van der Waals surface area (Å²) < 4.78 is 49.8. The predicted octanol–water partition coefficient (Wildman–Crippen LogP) is -0.158. The summed E-state index contributed by atoms with van der Waals surface area (Å²) in [4.78, 5) is 2.19. The Kier molecular flexibility index (Phi) is 5.88. The third-order valence-corrected chi connectivity index (χ3v) is 3.77. The minimum Gasteiger partial charge on any atom is -0.759 e. The number of methoxy groups -OCH3 is 1. The average Bonchev–Trinajstić information content (AvgIpc) is 2.33. The van der Waals surface area contributed by atoms with E-state index in [4.69, 9.17) is 4.74 Å². The molecule has 1 unspecified atom stereocenters. The smallest absolute Gasteiger partial charge is 0.177 e. The Hall–Kier alpha value is -1.00. The quantitative estimate of drug-likeness (QED) is 0.555. The van der Waals surface area contributed by atoms with Gasteiger partial charge in [-0.2, -0.15) is 4.83 Å². The van der Waals surface area contributed by atoms with E-state index >= 15 is 0 Å². The van der Waals surface area contributed by atoms with E-state index < -0.39 is 21.1 Å². The van der Waals surface area contributed by atoms with Crippen molar-refractivity contribution >= 4 is 26.8 Å². The molecule has 0 radical (unpaired) electrons. The Morgan fingerprint density at radius 2 is 2.05 bits per heavy atom. The number of anilines is 1. The molecule has 108 valence electrons. The zero-order valence-corrected chi connectivity index (χ0v) is 12.2. The van der Waals surface area contributed by atoms with E-state index in [1.807, 2.05) is 0 Å². The number of sulfone groups is 1. The lowest BCUT2D eigenvalue weighted by molar-refractivity contribution is 0.204. The lowest BCUT2D eigenvalue weighted by Gasteiger charge is -2.27. The first kappa shape index (κ1) is 16.1. The van der Waals surface area contributed by atoms with E-state index in [0.29, 0.717) is 0 Å². The van der Waals surface area contributed by atoms with Crippen LogP contribution in [-0.2, 0) is 25.8 Å². The van der Waals surface area contributed by atoms with E-state index in [1.165, 1.54) is 24.3 Å². The minimum atomic E-state index is -3.46. The maximum atomic E-state index is 11.7. The third kappa shape index (κ3) is 4.88. The van der Waals surface area contributed by atoms with Crippen LogP contribution in [-0.4, -0.2) is 43.7 Å². The zero-order chi connectivity index (χ0) is 14.5. The van der Waals surface area contributed by atoms with Gasteiger partial charge in [-0.05, 0) is 12.1 Å². The molecule has 0 bridgehead atoms. The van der Waals surface area contributed by atoms with Gasteiger partial charge in [-0.3, -0.25) is 9.22 Å². The molecule has 0 saturated heterocycles. The number of hydrogen-bond acceptors (Lipinski definition) is 6. The first-order valence-electron chi connectivity index (χ1n) is 5.27. The van der Waals surface area contributed by atoms with E-state index in [9.17, 15) is 17.2 Å². The number of hydrazine groups is 1. The first-order chi connectivity index (χ1) is 8.86. The predicted molar refractivity (Wildman–Crippen MR) is 70.8 cm³/mol. The topological polar surface area (TPSA) is 98.8 Å². The molecule has 1 atom stereocenters. The average molecular weight is 307 g/mol. The van der Waals surface area contributed by atoms with E-state index in [0.717, 1.165) is 6.26 Å². The molecule has 1 N–H and O–H groups in total. The van der Waals surface area contributed by atoms with Crippen molar-refractivity contribution in [2.45, 2.75) is 4.90 Å². The molecule has 0 fully saturated rings. The molecular weight excluding hydrogens is 292 g/mol. The molecule has 1 aromatic rings. The fraction of sp³-hybridized carbons (Fsp3) is 0.400. The van der Waals surface area contributed by atoms with E-state index in [1.54, 1.807) is 12.1 Å². The van der Waals surface area contributed by atoms with Gasteiger partial charge in [-0.25, -0.2) is 8.42 Å². The van der Waals surface area contributed by atoms with Crippen LogP contribution in [0.25, 0.3) is 0 Å². The van der Waals surface area contributed by atoms with Crippen molar-refractivity contribution in [1.29, 1.82) is 0 Å². The van der Waals surface area contributed by atoms with Crippen LogP contribution >= 0.6 is 0 Å². The molecule has 0 amide bonds. The Balaban J connectivity index is 3.18. The molecule has 1 aromatic carbocycles. The Morgan fingerprint density at radius 3 is 2.58 bits per heavy atom. The van der Waals surface area contributed by atoms with Gasteiger partial charge in [0.05, 0.1) is 23.7 Å². The lowest BCUT2D eigenvalue weighted by atomic mass is 10.3. The summed E-state index contributed by atoms with van der Waals surface area (Å²) >= 11 is -2.56. The van der Waals surface area contributed by atoms with Crippen LogP contribution in [0.15, 0.2) is 29.2 Å². The van der Waals surface area contributed by atoms with Gasteiger partial charge in [0.25, 0.3) is 0 Å². The van der Waals surface area contributed by atoms with Crippen molar-refractivity contribution in [2.24, 2.45) is 0 Å². The van der Waals surface area contributed by atoms with Crippen LogP contribution in [0.4, 0.5) is 5.69 Å². The van der Waals surface area contributed by atoms with Crippen LogP contribution in [0.5, 0.6) is 0 Å². The second-order valence-corrected chi connectivity index (χ2v) is 6.35. The van der Waals surface area contributed by atoms with E-state index in [-0.39, 0.29) is 23.7 Å². The monoisotopic (exact) mass is 307 g/mol. The summed E-state index contributed by atoms with van der Waals surface area (Å²) in [6.07, 6.45) is 1.06. The molecule has 7 nitrogen and oxygen atoms in total. The summed E-state index contributed by atoms with van der Waals surface area (Å²) in [5, 5.41) is 1.21.